The second-order valence-corrected chi connectivity index (χ2v) is 14.3. The van der Waals surface area contributed by atoms with E-state index >= 15 is 0 Å². The van der Waals surface area contributed by atoms with Gasteiger partial charge in [0.15, 0.2) is 41.3 Å². The number of cyclic esters (lactones) is 1. The number of esters is 1. The van der Waals surface area contributed by atoms with Crippen LogP contribution in [0.4, 0.5) is 5.69 Å². The highest BCUT2D eigenvalue weighted by Crippen LogP contribution is 2.51. The molecule has 2 heterocycles. The van der Waals surface area contributed by atoms with Crippen LogP contribution in [0.3, 0.4) is 0 Å². The molecule has 5 rings (SSSR count). The molecule has 1 fully saturated rings. The number of nitrogens with one attached hydrogen (secondary N) is 2. The summed E-state index contributed by atoms with van der Waals surface area (Å²) >= 11 is 0. The van der Waals surface area contributed by atoms with E-state index < -0.39 is 103 Å². The zero-order valence-corrected chi connectivity index (χ0v) is 33.4. The number of ether oxygens (including phenoxy) is 6. The lowest BCUT2D eigenvalue weighted by Crippen LogP contribution is -2.70. The number of carbonyl (C=O) groups excluding carboxylic acids is 1. The van der Waals surface area contributed by atoms with Gasteiger partial charge in [-0.15, -0.1) is 0 Å². The van der Waals surface area contributed by atoms with Crippen molar-refractivity contribution in [1.29, 1.82) is 0 Å². The Balaban J connectivity index is 1.48. The number of methoxy groups -OCH3 is 1. The number of anilines is 1. The van der Waals surface area contributed by atoms with Crippen molar-refractivity contribution >= 4 is 23.6 Å². The van der Waals surface area contributed by atoms with E-state index in [1.54, 1.807) is 6.92 Å². The summed E-state index contributed by atoms with van der Waals surface area (Å²) in [5.74, 6) is -5.75. The molecule has 13 N–H and O–H groups in total. The van der Waals surface area contributed by atoms with E-state index in [4.69, 9.17) is 39.3 Å². The van der Waals surface area contributed by atoms with Crippen LogP contribution >= 0.6 is 0 Å². The monoisotopic (exact) mass is 860 g/mol. The van der Waals surface area contributed by atoms with E-state index in [0.717, 1.165) is 17.7 Å². The highest BCUT2D eigenvalue weighted by Gasteiger charge is 2.60. The number of unbranched alkanes of at least 4 members (excludes halogenated alkanes) is 1. The summed E-state index contributed by atoms with van der Waals surface area (Å²) in [4.78, 5) is 30.1. The molecule has 2 aliphatic rings. The minimum Gasteiger partial charge on any atom is -0.504 e. The number of carboxylic acids is 1. The third-order valence-electron chi connectivity index (χ3n) is 10.1. The van der Waals surface area contributed by atoms with Gasteiger partial charge in [0.2, 0.25) is 24.1 Å². The summed E-state index contributed by atoms with van der Waals surface area (Å²) < 4.78 is 34.3. The minimum atomic E-state index is -2.48. The van der Waals surface area contributed by atoms with E-state index in [2.05, 4.69) is 15.6 Å². The van der Waals surface area contributed by atoms with Gasteiger partial charge in [-0.1, -0.05) is 30.3 Å². The Labute approximate surface area is 349 Å². The largest absolute Gasteiger partial charge is 0.504 e. The standard InChI is InChI=1S/C40H52N4O17/c1-20(18-46)44-24-17-26(25(16-23(24)35(52)53)58-19-43-39(41)42-13-6-7-14-45)59-37-30(49)29(48)34(51)40(61-37)12-10-22-27(36(54)60-38(40)55)28(47)33(31(50)32(22)56-2)57-15-11-21-8-4-3-5-9-21/h3-5,8-9,16-17,20,29-30,34,37-38,44-51,55H,6-7,10-15,18-19H2,1-2H3,(H,52,53)(H3,41,42,43). The fourth-order valence-corrected chi connectivity index (χ4v) is 6.84. The molecule has 0 bridgehead atoms. The molecule has 3 aromatic carbocycles. The number of aromatic hydroxyl groups is 2. The van der Waals surface area contributed by atoms with Crippen molar-refractivity contribution in [3.8, 4) is 34.5 Å². The lowest BCUT2D eigenvalue weighted by Gasteiger charge is -2.50. The van der Waals surface area contributed by atoms with Crippen LogP contribution in [0.1, 0.15) is 58.0 Å². The lowest BCUT2D eigenvalue weighted by atomic mass is 9.80. The molecule has 0 radical (unpaired) electrons. The van der Waals surface area contributed by atoms with Crippen molar-refractivity contribution in [1.82, 2.24) is 5.32 Å². The molecule has 21 heteroatoms. The van der Waals surface area contributed by atoms with Crippen molar-refractivity contribution < 1.29 is 84.0 Å². The molecule has 21 nitrogen and oxygen atoms in total. The van der Waals surface area contributed by atoms with Gasteiger partial charge in [-0.2, -0.15) is 0 Å². The number of fused-ring (bicyclic) bond motifs is 1. The van der Waals surface area contributed by atoms with Crippen LogP contribution in [0.25, 0.3) is 0 Å². The van der Waals surface area contributed by atoms with Crippen LogP contribution in [-0.2, 0) is 22.3 Å². The van der Waals surface area contributed by atoms with E-state index in [1.807, 2.05) is 30.3 Å². The molecule has 0 aliphatic carbocycles. The van der Waals surface area contributed by atoms with Gasteiger partial charge >= 0.3 is 11.9 Å². The Morgan fingerprint density at radius 3 is 2.43 bits per heavy atom. The third-order valence-corrected chi connectivity index (χ3v) is 10.1. The maximum atomic E-state index is 13.7. The van der Waals surface area contributed by atoms with Crippen LogP contribution in [0.15, 0.2) is 47.5 Å². The number of carbonyl (C=O) groups is 2. The summed E-state index contributed by atoms with van der Waals surface area (Å²) in [5.41, 5.74) is 3.20. The van der Waals surface area contributed by atoms with E-state index in [9.17, 15) is 50.4 Å². The number of aliphatic hydroxyl groups excluding tert-OH is 6. The summed E-state index contributed by atoms with van der Waals surface area (Å²) in [7, 11) is 1.18. The van der Waals surface area contributed by atoms with Gasteiger partial charge in [0, 0.05) is 43.3 Å². The van der Waals surface area contributed by atoms with Crippen LogP contribution in [0, 0.1) is 0 Å². The number of aliphatic hydroxyl groups is 6. The first-order chi connectivity index (χ1) is 29.2. The molecule has 0 saturated carbocycles. The third kappa shape index (κ3) is 10.4. The number of aromatic carboxylic acids is 1. The predicted molar refractivity (Wildman–Crippen MR) is 213 cm³/mol. The zero-order valence-electron chi connectivity index (χ0n) is 33.4. The fraction of sp³-hybridized carbons (Fsp3) is 0.475. The first kappa shape index (κ1) is 46.3. The molecule has 334 valence electrons. The Morgan fingerprint density at radius 1 is 1.02 bits per heavy atom. The van der Waals surface area contributed by atoms with Crippen LogP contribution < -0.4 is 35.3 Å². The number of nitrogens with zero attached hydrogens (tertiary/aromatic N) is 1. The van der Waals surface area contributed by atoms with E-state index in [-0.39, 0.29) is 53.2 Å². The van der Waals surface area contributed by atoms with E-state index in [1.165, 1.54) is 7.11 Å². The van der Waals surface area contributed by atoms with Gasteiger partial charge in [0.1, 0.15) is 23.9 Å². The molecule has 7 atom stereocenters. The normalized spacial score (nSPS) is 23.2. The second kappa shape index (κ2) is 20.6. The highest BCUT2D eigenvalue weighted by atomic mass is 16.7. The molecule has 0 amide bonds. The predicted octanol–water partition coefficient (Wildman–Crippen LogP) is -0.0899. The Kier molecular flexibility index (Phi) is 15.7. The van der Waals surface area contributed by atoms with Crippen LogP contribution in [-0.4, -0.2) is 147 Å². The topological polar surface area (TPSA) is 334 Å². The van der Waals surface area contributed by atoms with Crippen LogP contribution in [0.5, 0.6) is 34.5 Å². The van der Waals surface area contributed by atoms with Gasteiger partial charge in [-0.25, -0.2) is 14.6 Å². The number of phenolic OH excluding ortho intramolecular Hbond substituents is 2. The summed E-state index contributed by atoms with van der Waals surface area (Å²) in [6, 6.07) is 10.7. The highest BCUT2D eigenvalue weighted by molar-refractivity contribution is 5.97. The summed E-state index contributed by atoms with van der Waals surface area (Å²) in [6.07, 6.45) is -10.3. The summed E-state index contributed by atoms with van der Waals surface area (Å²) in [5, 5.41) is 102. The van der Waals surface area contributed by atoms with Gasteiger partial charge in [0.05, 0.1) is 31.6 Å². The van der Waals surface area contributed by atoms with Crippen molar-refractivity contribution in [2.24, 2.45) is 10.7 Å². The van der Waals surface area contributed by atoms with Crippen molar-refractivity contribution in [3.63, 3.8) is 0 Å². The number of nitrogens with two attached hydrogens (primary N) is 1. The number of hydrogen-bond donors (Lipinski definition) is 12. The SMILES string of the molecule is COc1c(O)c(OCCc2ccccc2)c(O)c2c1CCC1(OC(Oc3cc(NC(C)CO)c(C(=O)O)cc3OCN=C(N)NCCCCO)C(O)C(O)C1O)C(O)OC2=O. The number of benzene rings is 3. The number of carboxylic acid groups (broad SMARTS) is 1. The first-order valence-corrected chi connectivity index (χ1v) is 19.3. The van der Waals surface area contributed by atoms with Gasteiger partial charge in [-0.3, -0.25) is 0 Å². The van der Waals surface area contributed by atoms with Crippen LogP contribution in [0.2, 0.25) is 0 Å². The molecule has 2 aliphatic heterocycles. The van der Waals surface area contributed by atoms with Gasteiger partial charge in [-0.05, 0) is 38.2 Å². The molecular formula is C40H52N4O17. The average Bonchev–Trinajstić information content (AvgIpc) is 3.23. The fourth-order valence-electron chi connectivity index (χ4n) is 6.84. The lowest BCUT2D eigenvalue weighted by molar-refractivity contribution is -0.357. The maximum absolute atomic E-state index is 13.7. The summed E-state index contributed by atoms with van der Waals surface area (Å²) in [6.45, 7) is 0.986. The zero-order chi connectivity index (χ0) is 44.4. The van der Waals surface area contributed by atoms with Gasteiger partial charge < -0.3 is 90.7 Å². The number of guanidine groups is 1. The first-order valence-electron chi connectivity index (χ1n) is 19.3. The minimum absolute atomic E-state index is 0.0102. The maximum Gasteiger partial charge on any atom is 0.344 e. The van der Waals surface area contributed by atoms with Crippen molar-refractivity contribution in [2.75, 3.05) is 45.5 Å². The number of rotatable bonds is 18. The molecule has 0 aromatic heterocycles. The average molecular weight is 861 g/mol. The Hall–Kier alpha value is -5.81. The van der Waals surface area contributed by atoms with E-state index in [0.29, 0.717) is 25.8 Å². The molecule has 7 unspecified atom stereocenters. The second-order valence-electron chi connectivity index (χ2n) is 14.3. The molecule has 1 spiro atoms. The molecule has 61 heavy (non-hydrogen) atoms. The molecule has 1 saturated heterocycles. The number of phenols is 2. The molecular weight excluding hydrogens is 808 g/mol. The van der Waals surface area contributed by atoms with Crippen molar-refractivity contribution in [3.05, 3.63) is 64.7 Å². The molecule has 3 aromatic rings. The quantitative estimate of drug-likeness (QED) is 0.0344. The number of hydrogen-bond acceptors (Lipinski definition) is 18. The Morgan fingerprint density at radius 2 is 1.75 bits per heavy atom. The van der Waals surface area contributed by atoms with Crippen molar-refractivity contribution in [2.45, 2.75) is 81.6 Å². The Bertz CT molecular complexity index is 2020. The van der Waals surface area contributed by atoms with Gasteiger partial charge in [0.25, 0.3) is 0 Å². The number of aliphatic imine (C=N–C) groups is 1. The smallest absolute Gasteiger partial charge is 0.344 e.